The van der Waals surface area contributed by atoms with Gasteiger partial charge in [-0.15, -0.1) is 0 Å². The van der Waals surface area contributed by atoms with Gasteiger partial charge in [0.1, 0.15) is 11.5 Å². The van der Waals surface area contributed by atoms with Gasteiger partial charge in [0.15, 0.2) is 0 Å². The third kappa shape index (κ3) is 5.79. The highest BCUT2D eigenvalue weighted by Crippen LogP contribution is 2.18. The topological polar surface area (TPSA) is 88.9 Å². The Kier molecular flexibility index (Phi) is 7.55. The molecule has 0 radical (unpaired) electrons. The van der Waals surface area contributed by atoms with Crippen LogP contribution in [0, 0.1) is 0 Å². The summed E-state index contributed by atoms with van der Waals surface area (Å²) in [4.78, 5) is 12.1. The van der Waals surface area contributed by atoms with Crippen LogP contribution in [-0.4, -0.2) is 51.6 Å². The Balaban J connectivity index is 1.76. The van der Waals surface area contributed by atoms with Crippen LogP contribution >= 0.6 is 11.8 Å². The molecular weight excluding hydrogens is 376 g/mol. The van der Waals surface area contributed by atoms with Crippen LogP contribution in [0.15, 0.2) is 52.0 Å². The van der Waals surface area contributed by atoms with Crippen LogP contribution in [0.1, 0.15) is 5.76 Å². The summed E-state index contributed by atoms with van der Waals surface area (Å²) in [7, 11) is -0.838. The summed E-state index contributed by atoms with van der Waals surface area (Å²) in [5.41, 5.74) is 0. The zero-order chi connectivity index (χ0) is 19.0. The highest BCUT2D eigenvalue weighted by molar-refractivity contribution is 7.98. The largest absolute Gasteiger partial charge is 0.497 e. The smallest absolute Gasteiger partial charge is 0.243 e. The first-order valence-electron chi connectivity index (χ1n) is 7.90. The van der Waals surface area contributed by atoms with Gasteiger partial charge < -0.3 is 14.5 Å². The van der Waals surface area contributed by atoms with Gasteiger partial charge in [0.05, 0.1) is 30.6 Å². The highest BCUT2D eigenvalue weighted by Gasteiger charge is 2.22. The van der Waals surface area contributed by atoms with E-state index >= 15 is 0 Å². The molecule has 0 fully saturated rings. The molecule has 0 atom stereocenters. The Labute approximate surface area is 157 Å². The molecule has 26 heavy (non-hydrogen) atoms. The maximum Gasteiger partial charge on any atom is 0.243 e. The number of nitrogens with zero attached hydrogens (tertiary/aromatic N) is 1. The second-order valence-electron chi connectivity index (χ2n) is 5.42. The van der Waals surface area contributed by atoms with E-state index in [9.17, 15) is 13.2 Å². The van der Waals surface area contributed by atoms with Gasteiger partial charge in [0.2, 0.25) is 15.9 Å². The van der Waals surface area contributed by atoms with Gasteiger partial charge in [-0.25, -0.2) is 8.42 Å². The summed E-state index contributed by atoms with van der Waals surface area (Å²) in [5, 5.41) is 2.72. The summed E-state index contributed by atoms with van der Waals surface area (Å²) in [5.74, 6) is 2.54. The highest BCUT2D eigenvalue weighted by atomic mass is 32.2. The average molecular weight is 399 g/mol. The van der Waals surface area contributed by atoms with E-state index < -0.39 is 10.0 Å². The van der Waals surface area contributed by atoms with Crippen molar-refractivity contribution in [1.82, 2.24) is 9.62 Å². The quantitative estimate of drug-likeness (QED) is 0.616. The number of nitrogens with one attached hydrogen (secondary N) is 1. The number of likely N-dealkylation sites (N-methyl/N-ethyl adjacent to an activating group) is 1. The lowest BCUT2D eigenvalue weighted by Gasteiger charge is -2.17. The minimum atomic E-state index is -3.72. The molecule has 1 heterocycles. The van der Waals surface area contributed by atoms with E-state index in [0.717, 1.165) is 15.8 Å². The van der Waals surface area contributed by atoms with Gasteiger partial charge in [0, 0.05) is 19.3 Å². The number of rotatable bonds is 10. The fourth-order valence-corrected chi connectivity index (χ4v) is 3.98. The zero-order valence-corrected chi connectivity index (χ0v) is 16.3. The first kappa shape index (κ1) is 20.3. The summed E-state index contributed by atoms with van der Waals surface area (Å²) >= 11 is 1.63. The van der Waals surface area contributed by atoms with Crippen molar-refractivity contribution in [3.05, 3.63) is 48.4 Å². The number of furan rings is 1. The molecule has 2 rings (SSSR count). The van der Waals surface area contributed by atoms with Crippen molar-refractivity contribution in [2.45, 2.75) is 10.6 Å². The molecule has 0 aliphatic carbocycles. The van der Waals surface area contributed by atoms with Crippen molar-refractivity contribution in [2.24, 2.45) is 0 Å². The minimum absolute atomic E-state index is 0.114. The summed E-state index contributed by atoms with van der Waals surface area (Å²) < 4.78 is 36.2. The lowest BCUT2D eigenvalue weighted by Crippen LogP contribution is -2.39. The monoisotopic (exact) mass is 398 g/mol. The summed E-state index contributed by atoms with van der Waals surface area (Å²) in [6.07, 6.45) is 1.62. The standard InChI is InChI=1S/C17H22N2O5S2/c1-19(26(21,22)16-7-5-14(23-2)6-8-16)12-17(20)18-9-11-25-13-15-4-3-10-24-15/h3-8,10H,9,11-13H2,1-2H3,(H,18,20). The Hall–Kier alpha value is -1.97. The molecule has 0 spiro atoms. The van der Waals surface area contributed by atoms with E-state index in [-0.39, 0.29) is 17.3 Å². The lowest BCUT2D eigenvalue weighted by atomic mass is 10.3. The molecule has 1 aromatic heterocycles. The van der Waals surface area contributed by atoms with Gasteiger partial charge in [-0.1, -0.05) is 0 Å². The van der Waals surface area contributed by atoms with Crippen LogP contribution in [0.2, 0.25) is 0 Å². The van der Waals surface area contributed by atoms with Crippen molar-refractivity contribution >= 4 is 27.7 Å². The van der Waals surface area contributed by atoms with Gasteiger partial charge in [0.25, 0.3) is 0 Å². The van der Waals surface area contributed by atoms with E-state index in [1.165, 1.54) is 26.3 Å². The molecule has 142 valence electrons. The van der Waals surface area contributed by atoms with Crippen LogP contribution in [0.3, 0.4) is 0 Å². The first-order valence-corrected chi connectivity index (χ1v) is 10.5. The predicted molar refractivity (Wildman–Crippen MR) is 101 cm³/mol. The van der Waals surface area contributed by atoms with Crippen LogP contribution in [0.4, 0.5) is 0 Å². The fraction of sp³-hybridized carbons (Fsp3) is 0.353. The van der Waals surface area contributed by atoms with E-state index in [0.29, 0.717) is 18.0 Å². The number of carbonyl (C=O) groups excluding carboxylic acids is 1. The number of thioether (sulfide) groups is 1. The van der Waals surface area contributed by atoms with Gasteiger partial charge >= 0.3 is 0 Å². The molecule has 0 unspecified atom stereocenters. The van der Waals surface area contributed by atoms with Gasteiger partial charge in [-0.3, -0.25) is 4.79 Å². The fourth-order valence-electron chi connectivity index (χ4n) is 2.10. The maximum absolute atomic E-state index is 12.5. The van der Waals surface area contributed by atoms with Crippen LogP contribution in [-0.2, 0) is 20.6 Å². The normalized spacial score (nSPS) is 11.5. The number of ether oxygens (including phenoxy) is 1. The number of carbonyl (C=O) groups is 1. The second-order valence-corrected chi connectivity index (χ2v) is 8.57. The molecule has 7 nitrogen and oxygen atoms in total. The maximum atomic E-state index is 12.5. The Morgan fingerprint density at radius 2 is 2.00 bits per heavy atom. The molecule has 2 aromatic rings. The summed E-state index contributed by atoms with van der Waals surface area (Å²) in [6.45, 7) is 0.220. The molecular formula is C17H22N2O5S2. The number of benzene rings is 1. The van der Waals surface area contributed by atoms with E-state index in [2.05, 4.69) is 5.32 Å². The van der Waals surface area contributed by atoms with Crippen molar-refractivity contribution < 1.29 is 22.4 Å². The van der Waals surface area contributed by atoms with Gasteiger partial charge in [-0.05, 0) is 36.4 Å². The Morgan fingerprint density at radius 3 is 2.62 bits per heavy atom. The predicted octanol–water partition coefficient (Wildman–Crippen LogP) is 1.96. The molecule has 0 aliphatic rings. The first-order chi connectivity index (χ1) is 12.4. The average Bonchev–Trinajstić information content (AvgIpc) is 3.14. The van der Waals surface area contributed by atoms with Crippen LogP contribution < -0.4 is 10.1 Å². The number of hydrogen-bond acceptors (Lipinski definition) is 6. The Bertz CT molecular complexity index is 789. The molecule has 0 saturated heterocycles. The summed E-state index contributed by atoms with van der Waals surface area (Å²) in [6, 6.07) is 9.76. The molecule has 0 aliphatic heterocycles. The lowest BCUT2D eigenvalue weighted by molar-refractivity contribution is -0.121. The third-order valence-electron chi connectivity index (χ3n) is 3.53. The zero-order valence-electron chi connectivity index (χ0n) is 14.7. The molecule has 9 heteroatoms. The van der Waals surface area contributed by atoms with Crippen molar-refractivity contribution in [3.8, 4) is 5.75 Å². The van der Waals surface area contributed by atoms with Crippen LogP contribution in [0.25, 0.3) is 0 Å². The van der Waals surface area contributed by atoms with Crippen LogP contribution in [0.5, 0.6) is 5.75 Å². The number of hydrogen-bond donors (Lipinski definition) is 1. The SMILES string of the molecule is COc1ccc(S(=O)(=O)N(C)CC(=O)NCCSCc2ccco2)cc1. The van der Waals surface area contributed by atoms with E-state index in [4.69, 9.17) is 9.15 Å². The van der Waals surface area contributed by atoms with E-state index in [1.54, 1.807) is 30.2 Å². The van der Waals surface area contributed by atoms with E-state index in [1.807, 2.05) is 12.1 Å². The van der Waals surface area contributed by atoms with Gasteiger partial charge in [-0.2, -0.15) is 16.1 Å². The number of amides is 1. The molecule has 1 aromatic carbocycles. The van der Waals surface area contributed by atoms with Crippen molar-refractivity contribution in [1.29, 1.82) is 0 Å². The third-order valence-corrected chi connectivity index (χ3v) is 6.33. The molecule has 1 N–H and O–H groups in total. The Morgan fingerprint density at radius 1 is 1.27 bits per heavy atom. The minimum Gasteiger partial charge on any atom is -0.497 e. The molecule has 0 bridgehead atoms. The number of methoxy groups -OCH3 is 1. The molecule has 1 amide bonds. The van der Waals surface area contributed by atoms with Crippen molar-refractivity contribution in [2.75, 3.05) is 33.0 Å². The molecule has 0 saturated carbocycles. The number of sulfonamides is 1. The van der Waals surface area contributed by atoms with Crippen molar-refractivity contribution in [3.63, 3.8) is 0 Å². The second kappa shape index (κ2) is 9.65.